The lowest BCUT2D eigenvalue weighted by atomic mass is 9.99. The molecule has 29 heavy (non-hydrogen) atoms. The minimum atomic E-state index is 0.236. The second kappa shape index (κ2) is 11.1. The molecular weight excluding hydrogens is 384 g/mol. The molecule has 0 saturated carbocycles. The van der Waals surface area contributed by atoms with Gasteiger partial charge in [-0.2, -0.15) is 11.8 Å². The fourth-order valence-electron chi connectivity index (χ4n) is 4.19. The lowest BCUT2D eigenvalue weighted by Crippen LogP contribution is -2.49. The lowest BCUT2D eigenvalue weighted by molar-refractivity contribution is 0.0782. The van der Waals surface area contributed by atoms with E-state index in [0.717, 1.165) is 63.9 Å². The van der Waals surface area contributed by atoms with Crippen LogP contribution < -0.4 is 15.4 Å². The van der Waals surface area contributed by atoms with E-state index < -0.39 is 0 Å². The number of benzene rings is 1. The maximum absolute atomic E-state index is 5.56. The van der Waals surface area contributed by atoms with Gasteiger partial charge in [-0.1, -0.05) is 12.1 Å². The Hall–Kier alpha value is -1.44. The van der Waals surface area contributed by atoms with Gasteiger partial charge in [0.15, 0.2) is 5.96 Å². The molecule has 0 bridgehead atoms. The van der Waals surface area contributed by atoms with Crippen molar-refractivity contribution >= 4 is 17.7 Å². The van der Waals surface area contributed by atoms with E-state index in [9.17, 15) is 0 Å². The molecule has 162 valence electrons. The SMILES string of the molecule is CN=C(NCC(c1ccc(OC)cc1)N1CCCC1)NCC1(SC)CCOCC1. The highest BCUT2D eigenvalue weighted by atomic mass is 32.2. The molecule has 2 aliphatic rings. The minimum absolute atomic E-state index is 0.236. The van der Waals surface area contributed by atoms with Crippen LogP contribution in [0.1, 0.15) is 37.3 Å². The summed E-state index contributed by atoms with van der Waals surface area (Å²) >= 11 is 1.95. The summed E-state index contributed by atoms with van der Waals surface area (Å²) in [6.07, 6.45) is 6.92. The van der Waals surface area contributed by atoms with Crippen LogP contribution in [0.4, 0.5) is 0 Å². The molecule has 0 amide bonds. The molecule has 7 heteroatoms. The normalized spacial score (nSPS) is 21.0. The molecule has 0 spiro atoms. The number of ether oxygens (including phenoxy) is 2. The number of aliphatic imine (C=N–C) groups is 1. The summed E-state index contributed by atoms with van der Waals surface area (Å²) in [4.78, 5) is 7.05. The second-order valence-corrected chi connectivity index (χ2v) is 9.11. The van der Waals surface area contributed by atoms with Gasteiger partial charge in [0, 0.05) is 38.1 Å². The molecule has 2 heterocycles. The van der Waals surface area contributed by atoms with E-state index in [1.807, 2.05) is 18.8 Å². The van der Waals surface area contributed by atoms with Gasteiger partial charge in [-0.25, -0.2) is 0 Å². The van der Waals surface area contributed by atoms with Gasteiger partial charge in [0.25, 0.3) is 0 Å². The predicted molar refractivity (Wildman–Crippen MR) is 122 cm³/mol. The topological polar surface area (TPSA) is 58.1 Å². The highest BCUT2D eigenvalue weighted by molar-refractivity contribution is 8.00. The molecule has 1 aromatic rings. The summed E-state index contributed by atoms with van der Waals surface area (Å²) in [5.41, 5.74) is 1.32. The second-order valence-electron chi connectivity index (χ2n) is 7.84. The number of rotatable bonds is 8. The van der Waals surface area contributed by atoms with E-state index >= 15 is 0 Å². The molecule has 0 aliphatic carbocycles. The van der Waals surface area contributed by atoms with Crippen molar-refractivity contribution in [3.05, 3.63) is 29.8 Å². The number of hydrogen-bond acceptors (Lipinski definition) is 5. The van der Waals surface area contributed by atoms with Crippen molar-refractivity contribution in [3.63, 3.8) is 0 Å². The molecule has 2 saturated heterocycles. The van der Waals surface area contributed by atoms with Gasteiger partial charge in [-0.3, -0.25) is 9.89 Å². The van der Waals surface area contributed by atoms with Crippen molar-refractivity contribution in [2.24, 2.45) is 4.99 Å². The average Bonchev–Trinajstić information content (AvgIpc) is 3.31. The Morgan fingerprint density at radius 2 is 1.90 bits per heavy atom. The lowest BCUT2D eigenvalue weighted by Gasteiger charge is -2.36. The molecule has 0 aromatic heterocycles. The fraction of sp³-hybridized carbons (Fsp3) is 0.682. The first-order valence-corrected chi connectivity index (χ1v) is 11.9. The molecular formula is C22H36N4O2S. The van der Waals surface area contributed by atoms with Gasteiger partial charge in [0.1, 0.15) is 5.75 Å². The summed E-state index contributed by atoms with van der Waals surface area (Å²) in [6.45, 7) is 5.75. The Balaban J connectivity index is 1.60. The van der Waals surface area contributed by atoms with E-state index in [1.54, 1.807) is 7.11 Å². The third kappa shape index (κ3) is 6.03. The largest absolute Gasteiger partial charge is 0.497 e. The first-order chi connectivity index (χ1) is 14.2. The van der Waals surface area contributed by atoms with Gasteiger partial charge in [0.05, 0.1) is 13.2 Å². The first kappa shape index (κ1) is 22.2. The van der Waals surface area contributed by atoms with Crippen molar-refractivity contribution in [2.75, 3.05) is 59.8 Å². The third-order valence-electron chi connectivity index (χ3n) is 6.18. The molecule has 0 radical (unpaired) electrons. The Morgan fingerprint density at radius 3 is 2.48 bits per heavy atom. The van der Waals surface area contributed by atoms with Crippen LogP contribution in [-0.2, 0) is 4.74 Å². The Kier molecular flexibility index (Phi) is 8.51. The smallest absolute Gasteiger partial charge is 0.191 e. The highest BCUT2D eigenvalue weighted by Crippen LogP contribution is 2.33. The molecule has 2 aliphatic heterocycles. The van der Waals surface area contributed by atoms with E-state index in [2.05, 4.69) is 51.0 Å². The van der Waals surface area contributed by atoms with Gasteiger partial charge in [-0.05, 0) is 62.7 Å². The number of likely N-dealkylation sites (tertiary alicyclic amines) is 1. The van der Waals surface area contributed by atoms with Crippen LogP contribution in [-0.4, -0.2) is 75.4 Å². The fourth-order valence-corrected chi connectivity index (χ4v) is 4.98. The van der Waals surface area contributed by atoms with Crippen LogP contribution >= 0.6 is 11.8 Å². The summed E-state index contributed by atoms with van der Waals surface area (Å²) in [7, 11) is 3.56. The zero-order chi connectivity index (χ0) is 20.5. The highest BCUT2D eigenvalue weighted by Gasteiger charge is 2.32. The molecule has 2 fully saturated rings. The molecule has 1 aromatic carbocycles. The van der Waals surface area contributed by atoms with E-state index in [1.165, 1.54) is 18.4 Å². The summed E-state index contributed by atoms with van der Waals surface area (Å²) in [6, 6.07) is 8.81. The zero-order valence-electron chi connectivity index (χ0n) is 18.1. The minimum Gasteiger partial charge on any atom is -0.497 e. The Morgan fingerprint density at radius 1 is 1.21 bits per heavy atom. The maximum atomic E-state index is 5.56. The van der Waals surface area contributed by atoms with Crippen LogP contribution in [0.3, 0.4) is 0 Å². The Labute approximate surface area is 179 Å². The summed E-state index contributed by atoms with van der Waals surface area (Å²) in [5, 5.41) is 7.15. The molecule has 1 atom stereocenters. The quantitative estimate of drug-likeness (QED) is 0.498. The van der Waals surface area contributed by atoms with Crippen LogP contribution in [0, 0.1) is 0 Å². The molecule has 2 N–H and O–H groups in total. The van der Waals surface area contributed by atoms with Gasteiger partial charge in [0.2, 0.25) is 0 Å². The van der Waals surface area contributed by atoms with Crippen molar-refractivity contribution in [1.82, 2.24) is 15.5 Å². The van der Waals surface area contributed by atoms with Crippen molar-refractivity contribution in [1.29, 1.82) is 0 Å². The van der Waals surface area contributed by atoms with Crippen molar-refractivity contribution in [2.45, 2.75) is 36.5 Å². The first-order valence-electron chi connectivity index (χ1n) is 10.6. The summed E-state index contributed by atoms with van der Waals surface area (Å²) in [5.74, 6) is 1.78. The van der Waals surface area contributed by atoms with Gasteiger partial charge in [-0.15, -0.1) is 0 Å². The zero-order valence-corrected chi connectivity index (χ0v) is 18.9. The number of thioether (sulfide) groups is 1. The number of methoxy groups -OCH3 is 1. The Bertz CT molecular complexity index is 641. The average molecular weight is 421 g/mol. The van der Waals surface area contributed by atoms with Crippen LogP contribution in [0.2, 0.25) is 0 Å². The number of guanidine groups is 1. The standard InChI is InChI=1S/C22H36N4O2S/c1-23-21(25-17-22(29-3)10-14-28-15-11-22)24-16-20(26-12-4-5-13-26)18-6-8-19(27-2)9-7-18/h6-9,20H,4-5,10-17H2,1-3H3,(H2,23,24,25). The summed E-state index contributed by atoms with van der Waals surface area (Å²) < 4.78 is 11.1. The van der Waals surface area contributed by atoms with E-state index in [4.69, 9.17) is 9.47 Å². The van der Waals surface area contributed by atoms with E-state index in [-0.39, 0.29) is 4.75 Å². The molecule has 3 rings (SSSR count). The van der Waals surface area contributed by atoms with Crippen molar-refractivity contribution < 1.29 is 9.47 Å². The molecule has 1 unspecified atom stereocenters. The number of nitrogens with zero attached hydrogens (tertiary/aromatic N) is 2. The number of hydrogen-bond donors (Lipinski definition) is 2. The van der Waals surface area contributed by atoms with Crippen LogP contribution in [0.5, 0.6) is 5.75 Å². The third-order valence-corrected chi connectivity index (χ3v) is 7.60. The van der Waals surface area contributed by atoms with Crippen LogP contribution in [0.15, 0.2) is 29.3 Å². The van der Waals surface area contributed by atoms with Gasteiger partial charge < -0.3 is 20.1 Å². The number of nitrogens with one attached hydrogen (secondary N) is 2. The maximum Gasteiger partial charge on any atom is 0.191 e. The van der Waals surface area contributed by atoms with E-state index in [0.29, 0.717) is 6.04 Å². The predicted octanol–water partition coefficient (Wildman–Crippen LogP) is 2.91. The monoisotopic (exact) mass is 420 g/mol. The van der Waals surface area contributed by atoms with Crippen LogP contribution in [0.25, 0.3) is 0 Å². The van der Waals surface area contributed by atoms with Gasteiger partial charge >= 0.3 is 0 Å². The molecule has 6 nitrogen and oxygen atoms in total. The van der Waals surface area contributed by atoms with Crippen molar-refractivity contribution in [3.8, 4) is 5.75 Å².